The van der Waals surface area contributed by atoms with E-state index in [1.54, 1.807) is 30.5 Å². The van der Waals surface area contributed by atoms with Gasteiger partial charge in [-0.05, 0) is 66.2 Å². The lowest BCUT2D eigenvalue weighted by molar-refractivity contribution is -0.138. The average molecular weight is 507 g/mol. The van der Waals surface area contributed by atoms with Crippen LogP contribution < -0.4 is 5.32 Å². The number of aromatic nitrogens is 2. The summed E-state index contributed by atoms with van der Waals surface area (Å²) < 4.78 is 41.8. The Morgan fingerprint density at radius 1 is 1.21 bits per heavy atom. The van der Waals surface area contributed by atoms with Crippen LogP contribution in [0.15, 0.2) is 47.5 Å². The first-order valence-electron chi connectivity index (χ1n) is 10.5. The lowest BCUT2D eigenvalue weighted by atomic mass is 10.1. The average Bonchev–Trinajstić information content (AvgIpc) is 3.49. The number of halogens is 4. The molecule has 6 nitrogen and oxygen atoms in total. The van der Waals surface area contributed by atoms with Crippen molar-refractivity contribution in [2.24, 2.45) is 0 Å². The molecule has 5 rings (SSSR count). The number of thioether (sulfide) groups is 1. The summed E-state index contributed by atoms with van der Waals surface area (Å²) in [5, 5.41) is 7.85. The second kappa shape index (κ2) is 8.75. The summed E-state index contributed by atoms with van der Waals surface area (Å²) in [5.74, 6) is -0.304. The molecule has 2 aromatic carbocycles. The van der Waals surface area contributed by atoms with Gasteiger partial charge < -0.3 is 5.32 Å². The van der Waals surface area contributed by atoms with Crippen LogP contribution in [0.1, 0.15) is 23.1 Å². The van der Waals surface area contributed by atoms with Crippen molar-refractivity contribution in [1.29, 1.82) is 0 Å². The van der Waals surface area contributed by atoms with Crippen molar-refractivity contribution in [1.82, 2.24) is 20.0 Å². The first-order valence-corrected chi connectivity index (χ1v) is 11.7. The molecular formula is C23H18ClF3N4O2S. The van der Waals surface area contributed by atoms with E-state index in [4.69, 9.17) is 11.6 Å². The Hall–Kier alpha value is -2.82. The molecule has 3 heterocycles. The highest BCUT2D eigenvalue weighted by molar-refractivity contribution is 8.18. The van der Waals surface area contributed by atoms with Crippen molar-refractivity contribution in [2.45, 2.75) is 25.2 Å². The van der Waals surface area contributed by atoms with Crippen LogP contribution in [0, 0.1) is 0 Å². The van der Waals surface area contributed by atoms with Crippen molar-refractivity contribution in [2.75, 3.05) is 13.1 Å². The molecule has 2 aliphatic heterocycles. The molecule has 1 atom stereocenters. The lowest BCUT2D eigenvalue weighted by Gasteiger charge is -2.19. The van der Waals surface area contributed by atoms with Gasteiger partial charge in [0.2, 0.25) is 0 Å². The highest BCUT2D eigenvalue weighted by Crippen LogP contribution is 2.36. The number of nitrogens with one attached hydrogen (secondary N) is 1. The summed E-state index contributed by atoms with van der Waals surface area (Å²) in [7, 11) is 0. The van der Waals surface area contributed by atoms with Gasteiger partial charge in [-0.25, -0.2) is 0 Å². The Kier molecular flexibility index (Phi) is 5.91. The van der Waals surface area contributed by atoms with Crippen LogP contribution in [0.4, 0.5) is 18.0 Å². The topological polar surface area (TPSA) is 67.2 Å². The van der Waals surface area contributed by atoms with Gasteiger partial charge in [0.15, 0.2) is 0 Å². The molecule has 0 aliphatic carbocycles. The SMILES string of the molecule is O=C1S/C(=C\c2ccc3c(cnn3Cc3ccc(Cl)cc3C(F)(F)F)c2)C(=O)N1C1CCNC1. The first-order chi connectivity index (χ1) is 16.2. The van der Waals surface area contributed by atoms with Crippen LogP contribution in [-0.4, -0.2) is 45.0 Å². The summed E-state index contributed by atoms with van der Waals surface area (Å²) in [5.41, 5.74) is 0.601. The molecule has 2 saturated heterocycles. The molecule has 1 N–H and O–H groups in total. The summed E-state index contributed by atoms with van der Waals surface area (Å²) in [6.07, 6.45) is -0.579. The summed E-state index contributed by atoms with van der Waals surface area (Å²) in [4.78, 5) is 26.8. The van der Waals surface area contributed by atoms with E-state index in [1.807, 2.05) is 0 Å². The van der Waals surface area contributed by atoms with Gasteiger partial charge in [0.1, 0.15) is 0 Å². The van der Waals surface area contributed by atoms with Crippen molar-refractivity contribution < 1.29 is 22.8 Å². The Balaban J connectivity index is 1.41. The van der Waals surface area contributed by atoms with E-state index >= 15 is 0 Å². The van der Waals surface area contributed by atoms with Gasteiger partial charge in [0.25, 0.3) is 11.1 Å². The number of carbonyl (C=O) groups is 2. The largest absolute Gasteiger partial charge is 0.416 e. The Morgan fingerprint density at radius 3 is 2.76 bits per heavy atom. The smallest absolute Gasteiger partial charge is 0.315 e. The quantitative estimate of drug-likeness (QED) is 0.495. The molecule has 34 heavy (non-hydrogen) atoms. The molecule has 2 fully saturated rings. The van der Waals surface area contributed by atoms with Crippen LogP contribution in [0.2, 0.25) is 5.02 Å². The minimum atomic E-state index is -4.53. The van der Waals surface area contributed by atoms with Gasteiger partial charge in [0.05, 0.1) is 34.8 Å². The van der Waals surface area contributed by atoms with Gasteiger partial charge in [-0.15, -0.1) is 0 Å². The molecule has 2 aliphatic rings. The number of alkyl halides is 3. The van der Waals surface area contributed by atoms with E-state index in [0.717, 1.165) is 30.8 Å². The third-order valence-corrected chi connectivity index (χ3v) is 7.00. The van der Waals surface area contributed by atoms with Crippen LogP contribution in [0.25, 0.3) is 17.0 Å². The molecule has 2 amide bonds. The normalized spacial score (nSPS) is 20.3. The Bertz CT molecular complexity index is 1330. The van der Waals surface area contributed by atoms with Crippen molar-refractivity contribution >= 4 is 51.5 Å². The van der Waals surface area contributed by atoms with Crippen molar-refractivity contribution in [3.05, 3.63) is 69.2 Å². The minimum Gasteiger partial charge on any atom is -0.315 e. The number of carbonyl (C=O) groups excluding carboxylic acids is 2. The number of hydrogen-bond donors (Lipinski definition) is 1. The molecule has 0 bridgehead atoms. The van der Waals surface area contributed by atoms with Gasteiger partial charge in [-0.3, -0.25) is 19.2 Å². The fourth-order valence-electron chi connectivity index (χ4n) is 4.24. The zero-order valence-corrected chi connectivity index (χ0v) is 19.2. The maximum absolute atomic E-state index is 13.4. The van der Waals surface area contributed by atoms with Gasteiger partial charge in [-0.1, -0.05) is 23.7 Å². The summed E-state index contributed by atoms with van der Waals surface area (Å²) in [6.45, 7) is 1.29. The van der Waals surface area contributed by atoms with E-state index in [9.17, 15) is 22.8 Å². The fraction of sp³-hybridized carbons (Fsp3) is 0.261. The van der Waals surface area contributed by atoms with E-state index < -0.39 is 11.7 Å². The monoisotopic (exact) mass is 506 g/mol. The van der Waals surface area contributed by atoms with Crippen LogP contribution in [0.3, 0.4) is 0 Å². The number of nitrogens with zero attached hydrogens (tertiary/aromatic N) is 3. The number of fused-ring (bicyclic) bond motifs is 1. The fourth-order valence-corrected chi connectivity index (χ4v) is 5.31. The highest BCUT2D eigenvalue weighted by Gasteiger charge is 2.40. The second-order valence-electron chi connectivity index (χ2n) is 8.12. The van der Waals surface area contributed by atoms with E-state index in [0.29, 0.717) is 27.9 Å². The lowest BCUT2D eigenvalue weighted by Crippen LogP contribution is -2.39. The molecule has 3 aromatic rings. The predicted octanol–water partition coefficient (Wildman–Crippen LogP) is 5.16. The van der Waals surface area contributed by atoms with Crippen LogP contribution >= 0.6 is 23.4 Å². The Labute approximate surface area is 201 Å². The molecule has 0 radical (unpaired) electrons. The van der Waals surface area contributed by atoms with E-state index in [1.165, 1.54) is 21.7 Å². The van der Waals surface area contributed by atoms with Crippen molar-refractivity contribution in [3.8, 4) is 0 Å². The van der Waals surface area contributed by atoms with Gasteiger partial charge >= 0.3 is 6.18 Å². The summed E-state index contributed by atoms with van der Waals surface area (Å²) >= 11 is 6.68. The molecule has 176 valence electrons. The third kappa shape index (κ3) is 4.33. The number of rotatable bonds is 4. The molecule has 1 aromatic heterocycles. The van der Waals surface area contributed by atoms with Crippen molar-refractivity contribution in [3.63, 3.8) is 0 Å². The molecular weight excluding hydrogens is 489 g/mol. The number of amides is 2. The maximum Gasteiger partial charge on any atom is 0.416 e. The second-order valence-corrected chi connectivity index (χ2v) is 9.55. The zero-order valence-electron chi connectivity index (χ0n) is 17.6. The number of benzene rings is 2. The van der Waals surface area contributed by atoms with Gasteiger partial charge in [-0.2, -0.15) is 18.3 Å². The Morgan fingerprint density at radius 2 is 2.03 bits per heavy atom. The van der Waals surface area contributed by atoms with Crippen LogP contribution in [0.5, 0.6) is 0 Å². The molecule has 0 spiro atoms. The standard InChI is InChI=1S/C23H18ClF3N4O2S/c24-16-3-2-14(18(9-16)23(25,26)27)12-30-19-4-1-13(7-15(19)10-29-30)8-20-21(32)31(22(33)34-20)17-5-6-28-11-17/h1-4,7-10,17,28H,5-6,11-12H2/b20-8-. The molecule has 11 heteroatoms. The summed E-state index contributed by atoms with van der Waals surface area (Å²) in [6, 6.07) is 8.83. The minimum absolute atomic E-state index is 0.0136. The van der Waals surface area contributed by atoms with E-state index in [-0.39, 0.29) is 34.3 Å². The third-order valence-electron chi connectivity index (χ3n) is 5.88. The van der Waals surface area contributed by atoms with Crippen LogP contribution in [-0.2, 0) is 17.5 Å². The number of hydrogen-bond acceptors (Lipinski definition) is 5. The molecule has 1 unspecified atom stereocenters. The van der Waals surface area contributed by atoms with Gasteiger partial charge in [0, 0.05) is 17.0 Å². The molecule has 0 saturated carbocycles. The van der Waals surface area contributed by atoms with E-state index in [2.05, 4.69) is 10.4 Å². The maximum atomic E-state index is 13.4. The first kappa shape index (κ1) is 22.9. The zero-order chi connectivity index (χ0) is 24.0. The number of imide groups is 1. The highest BCUT2D eigenvalue weighted by atomic mass is 35.5. The predicted molar refractivity (Wildman–Crippen MR) is 124 cm³/mol.